The SMILES string of the molecule is CC(C)C(C)C(=O)N1CCCC1c1ncc(C#Cc2ccc(-c3ccc4nc(C56CCCN(C(=O)C(C)(C)C(C)C)C5S6)[nH]c4c3)cc2)[nH]1. The molecule has 3 fully saturated rings. The number of rotatable bonds is 7. The van der Waals surface area contributed by atoms with Crippen molar-refractivity contribution in [1.82, 2.24) is 29.7 Å². The second-order valence-electron chi connectivity index (χ2n) is 15.4. The molecule has 0 aliphatic carbocycles. The molecule has 2 aromatic carbocycles. The van der Waals surface area contributed by atoms with Crippen molar-refractivity contribution in [2.45, 2.75) is 90.3 Å². The van der Waals surface area contributed by atoms with Crippen molar-refractivity contribution in [1.29, 1.82) is 0 Å². The van der Waals surface area contributed by atoms with Crippen molar-refractivity contribution >= 4 is 34.6 Å². The van der Waals surface area contributed by atoms with E-state index < -0.39 is 0 Å². The molecule has 2 N–H and O–H groups in total. The highest BCUT2D eigenvalue weighted by Crippen LogP contribution is 2.66. The lowest BCUT2D eigenvalue weighted by Gasteiger charge is -2.37. The van der Waals surface area contributed by atoms with Gasteiger partial charge in [-0.25, -0.2) is 9.97 Å². The Bertz CT molecular complexity index is 1950. The Morgan fingerprint density at radius 1 is 0.959 bits per heavy atom. The van der Waals surface area contributed by atoms with Crippen molar-refractivity contribution in [2.75, 3.05) is 13.1 Å². The van der Waals surface area contributed by atoms with E-state index >= 15 is 0 Å². The van der Waals surface area contributed by atoms with Gasteiger partial charge in [0.05, 0.1) is 23.3 Å². The van der Waals surface area contributed by atoms with Crippen LogP contribution in [0.4, 0.5) is 0 Å². The number of likely N-dealkylation sites (tertiary alicyclic amines) is 2. The molecule has 2 amide bonds. The van der Waals surface area contributed by atoms with Gasteiger partial charge in [-0.15, -0.1) is 11.8 Å². The van der Waals surface area contributed by atoms with E-state index in [0.29, 0.717) is 5.92 Å². The topological polar surface area (TPSA) is 98.0 Å². The van der Waals surface area contributed by atoms with Crippen molar-refractivity contribution < 1.29 is 9.59 Å². The summed E-state index contributed by atoms with van der Waals surface area (Å²) in [6.07, 6.45) is 5.69. The zero-order valence-corrected chi connectivity index (χ0v) is 30.6. The smallest absolute Gasteiger partial charge is 0.229 e. The molecule has 4 aromatic rings. The van der Waals surface area contributed by atoms with Crippen LogP contribution in [0.25, 0.3) is 22.2 Å². The summed E-state index contributed by atoms with van der Waals surface area (Å²) < 4.78 is -0.143. The minimum atomic E-state index is -0.384. The Morgan fingerprint density at radius 3 is 2.43 bits per heavy atom. The third kappa shape index (κ3) is 6.07. The molecule has 4 unspecified atom stereocenters. The number of fused-ring (bicyclic) bond motifs is 2. The number of benzene rings is 2. The summed E-state index contributed by atoms with van der Waals surface area (Å²) in [6, 6.07) is 14.7. The van der Waals surface area contributed by atoms with E-state index in [4.69, 9.17) is 4.98 Å². The molecule has 5 heterocycles. The summed E-state index contributed by atoms with van der Waals surface area (Å²) in [5.74, 6) is 9.34. The van der Waals surface area contributed by atoms with Crippen LogP contribution in [0.2, 0.25) is 0 Å². The van der Waals surface area contributed by atoms with E-state index in [1.165, 1.54) is 0 Å². The fourth-order valence-electron chi connectivity index (χ4n) is 7.11. The van der Waals surface area contributed by atoms with Gasteiger partial charge in [0.2, 0.25) is 11.8 Å². The Balaban J connectivity index is 1.03. The van der Waals surface area contributed by atoms with Gasteiger partial charge in [0.25, 0.3) is 0 Å². The number of amides is 2. The molecular formula is C40H48N6O2S. The second-order valence-corrected chi connectivity index (χ2v) is 16.8. The normalized spacial score (nSPS) is 22.7. The number of H-pyrrole nitrogens is 2. The van der Waals surface area contributed by atoms with Gasteiger partial charge in [0.1, 0.15) is 27.5 Å². The molecular weight excluding hydrogens is 629 g/mol. The van der Waals surface area contributed by atoms with Crippen molar-refractivity contribution in [2.24, 2.45) is 23.2 Å². The predicted molar refractivity (Wildman–Crippen MR) is 196 cm³/mol. The van der Waals surface area contributed by atoms with Crippen LogP contribution in [-0.2, 0) is 14.3 Å². The van der Waals surface area contributed by atoms with E-state index in [1.807, 2.05) is 35.7 Å². The van der Waals surface area contributed by atoms with E-state index in [0.717, 1.165) is 83.8 Å². The van der Waals surface area contributed by atoms with Crippen LogP contribution in [0, 0.1) is 35.0 Å². The van der Waals surface area contributed by atoms with Crippen molar-refractivity contribution in [3.63, 3.8) is 0 Å². The molecule has 3 saturated heterocycles. The summed E-state index contributed by atoms with van der Waals surface area (Å²) >= 11 is 1.87. The van der Waals surface area contributed by atoms with Crippen LogP contribution >= 0.6 is 11.8 Å². The second kappa shape index (κ2) is 12.7. The number of nitrogens with one attached hydrogen (secondary N) is 2. The van der Waals surface area contributed by atoms with Crippen LogP contribution in [0.3, 0.4) is 0 Å². The standard InChI is InChI=1S/C40H48N6O2S/c1-24(2)26(5)35(47)45-20-8-10-33(45)34-41-23-30(42-34)17-13-27-11-14-28(15-12-27)29-16-18-31-32(22-29)44-36(43-31)40-19-9-21-46(38(40)49-40)37(48)39(6,7)25(3)4/h11-12,14-16,18,22-26,33,38H,8-10,19-21H2,1-7H3,(H,41,42)(H,43,44). The van der Waals surface area contributed by atoms with Crippen molar-refractivity contribution in [3.05, 3.63) is 71.6 Å². The molecule has 0 radical (unpaired) electrons. The van der Waals surface area contributed by atoms with Gasteiger partial charge >= 0.3 is 0 Å². The first-order valence-corrected chi connectivity index (χ1v) is 18.7. The number of imidazole rings is 2. The number of aromatic amines is 2. The van der Waals surface area contributed by atoms with Crippen LogP contribution < -0.4 is 0 Å². The monoisotopic (exact) mass is 676 g/mol. The molecule has 2 aromatic heterocycles. The minimum Gasteiger partial charge on any atom is -0.341 e. The van der Waals surface area contributed by atoms with Crippen LogP contribution in [0.1, 0.15) is 103 Å². The largest absolute Gasteiger partial charge is 0.341 e. The Hall–Kier alpha value is -4.03. The Kier molecular flexibility index (Phi) is 8.67. The summed E-state index contributed by atoms with van der Waals surface area (Å²) in [7, 11) is 0. The lowest BCUT2D eigenvalue weighted by atomic mass is 9.79. The number of hydrogen-bond donors (Lipinski definition) is 2. The van der Waals surface area contributed by atoms with E-state index in [-0.39, 0.29) is 45.2 Å². The Labute approximate surface area is 294 Å². The van der Waals surface area contributed by atoms with Gasteiger partial charge in [-0.3, -0.25) is 9.59 Å². The summed E-state index contributed by atoms with van der Waals surface area (Å²) in [5.41, 5.74) is 5.47. The minimum absolute atomic E-state index is 0.00519. The third-order valence-corrected chi connectivity index (χ3v) is 13.1. The van der Waals surface area contributed by atoms with Gasteiger partial charge in [-0.1, -0.05) is 72.6 Å². The van der Waals surface area contributed by atoms with Crippen molar-refractivity contribution in [3.8, 4) is 23.0 Å². The highest BCUT2D eigenvalue weighted by atomic mass is 32.2. The molecule has 0 bridgehead atoms. The summed E-state index contributed by atoms with van der Waals surface area (Å²) in [5, 5.41) is 0.147. The highest BCUT2D eigenvalue weighted by molar-refractivity contribution is 8.08. The van der Waals surface area contributed by atoms with Gasteiger partial charge in [-0.05, 0) is 78.8 Å². The molecule has 8 nitrogen and oxygen atoms in total. The van der Waals surface area contributed by atoms with Gasteiger partial charge in [0.15, 0.2) is 0 Å². The Morgan fingerprint density at radius 2 is 1.69 bits per heavy atom. The van der Waals surface area contributed by atoms with E-state index in [9.17, 15) is 9.59 Å². The van der Waals surface area contributed by atoms with Crippen LogP contribution in [0.5, 0.6) is 0 Å². The molecule has 256 valence electrons. The molecule has 3 aliphatic heterocycles. The van der Waals surface area contributed by atoms with Gasteiger partial charge in [0, 0.05) is 30.0 Å². The molecule has 0 saturated carbocycles. The number of piperidine rings is 1. The number of carbonyl (C=O) groups excluding carboxylic acids is 2. The average Bonchev–Trinajstić information content (AvgIpc) is 3.45. The first-order valence-electron chi connectivity index (χ1n) is 17.9. The van der Waals surface area contributed by atoms with Gasteiger partial charge < -0.3 is 19.8 Å². The molecule has 0 spiro atoms. The first kappa shape index (κ1) is 33.5. The zero-order valence-electron chi connectivity index (χ0n) is 29.8. The number of hydrogen-bond acceptors (Lipinski definition) is 5. The average molecular weight is 677 g/mol. The molecule has 7 rings (SSSR count). The van der Waals surface area contributed by atoms with E-state index in [1.54, 1.807) is 6.20 Å². The molecule has 4 atom stereocenters. The first-order chi connectivity index (χ1) is 23.4. The number of aromatic nitrogens is 4. The fourth-order valence-corrected chi connectivity index (χ4v) is 8.60. The van der Waals surface area contributed by atoms with E-state index in [2.05, 4.69) is 104 Å². The third-order valence-electron chi connectivity index (χ3n) is 11.4. The van der Waals surface area contributed by atoms with Gasteiger partial charge in [-0.2, -0.15) is 0 Å². The lowest BCUT2D eigenvalue weighted by Crippen LogP contribution is -2.49. The summed E-state index contributed by atoms with van der Waals surface area (Å²) in [4.78, 5) is 47.4. The maximum atomic E-state index is 13.6. The predicted octanol–water partition coefficient (Wildman–Crippen LogP) is 7.88. The number of nitrogens with zero attached hydrogens (tertiary/aromatic N) is 4. The molecule has 9 heteroatoms. The fraction of sp³-hybridized carbons (Fsp3) is 0.500. The maximum absolute atomic E-state index is 13.6. The van der Waals surface area contributed by atoms with Crippen LogP contribution in [-0.4, -0.2) is 60.0 Å². The molecule has 49 heavy (non-hydrogen) atoms. The highest BCUT2D eigenvalue weighted by Gasteiger charge is 2.65. The number of thioether (sulfide) groups is 1. The van der Waals surface area contributed by atoms with Crippen LogP contribution in [0.15, 0.2) is 48.7 Å². The maximum Gasteiger partial charge on any atom is 0.229 e. The zero-order chi connectivity index (χ0) is 34.7. The molecule has 3 aliphatic rings. The lowest BCUT2D eigenvalue weighted by molar-refractivity contribution is -0.144. The number of carbonyl (C=O) groups is 2. The quantitative estimate of drug-likeness (QED) is 0.153. The summed E-state index contributed by atoms with van der Waals surface area (Å²) in [6.45, 7) is 16.2.